The first-order chi connectivity index (χ1) is 10.6. The SMILES string of the molecule is CCOc1c(Cl)cc(C(=O)NC(C)c2ccco2)cc1OC. The molecule has 0 saturated carbocycles. The van der Waals surface area contributed by atoms with Crippen molar-refractivity contribution in [2.75, 3.05) is 13.7 Å². The van der Waals surface area contributed by atoms with E-state index in [-0.39, 0.29) is 11.9 Å². The molecule has 2 rings (SSSR count). The molecule has 0 spiro atoms. The summed E-state index contributed by atoms with van der Waals surface area (Å²) in [5.74, 6) is 1.26. The van der Waals surface area contributed by atoms with Crippen LogP contribution >= 0.6 is 11.6 Å². The van der Waals surface area contributed by atoms with E-state index in [4.69, 9.17) is 25.5 Å². The number of furan rings is 1. The van der Waals surface area contributed by atoms with E-state index in [9.17, 15) is 4.79 Å². The van der Waals surface area contributed by atoms with Gasteiger partial charge in [-0.15, -0.1) is 0 Å². The molecule has 118 valence electrons. The molecule has 0 aliphatic heterocycles. The lowest BCUT2D eigenvalue weighted by Gasteiger charge is -2.15. The van der Waals surface area contributed by atoms with Gasteiger partial charge in [0.15, 0.2) is 11.5 Å². The minimum Gasteiger partial charge on any atom is -0.493 e. The van der Waals surface area contributed by atoms with Gasteiger partial charge in [0.05, 0.1) is 31.0 Å². The molecule has 5 nitrogen and oxygen atoms in total. The van der Waals surface area contributed by atoms with E-state index in [1.807, 2.05) is 13.8 Å². The van der Waals surface area contributed by atoms with Crippen LogP contribution in [-0.2, 0) is 0 Å². The van der Waals surface area contributed by atoms with Gasteiger partial charge in [0.2, 0.25) is 0 Å². The van der Waals surface area contributed by atoms with Crippen molar-refractivity contribution >= 4 is 17.5 Å². The molecule has 22 heavy (non-hydrogen) atoms. The largest absolute Gasteiger partial charge is 0.493 e. The van der Waals surface area contributed by atoms with Crippen molar-refractivity contribution in [3.8, 4) is 11.5 Å². The average molecular weight is 324 g/mol. The number of hydrogen-bond donors (Lipinski definition) is 1. The van der Waals surface area contributed by atoms with E-state index in [1.165, 1.54) is 7.11 Å². The number of halogens is 1. The van der Waals surface area contributed by atoms with Gasteiger partial charge in [-0.25, -0.2) is 0 Å². The molecular formula is C16H18ClNO4. The maximum atomic E-state index is 12.3. The molecule has 1 atom stereocenters. The Kier molecular flexibility index (Phi) is 5.33. The molecule has 0 aliphatic rings. The highest BCUT2D eigenvalue weighted by Gasteiger charge is 2.18. The topological polar surface area (TPSA) is 60.7 Å². The summed E-state index contributed by atoms with van der Waals surface area (Å²) in [4.78, 5) is 12.3. The first kappa shape index (κ1) is 16.2. The van der Waals surface area contributed by atoms with Gasteiger partial charge in [-0.2, -0.15) is 0 Å². The van der Waals surface area contributed by atoms with Crippen molar-refractivity contribution in [1.29, 1.82) is 0 Å². The zero-order valence-corrected chi connectivity index (χ0v) is 13.4. The monoisotopic (exact) mass is 323 g/mol. The molecule has 1 amide bonds. The number of hydrogen-bond acceptors (Lipinski definition) is 4. The molecule has 2 aromatic rings. The molecule has 1 aromatic heterocycles. The summed E-state index contributed by atoms with van der Waals surface area (Å²) < 4.78 is 15.9. The predicted octanol–water partition coefficient (Wildman–Crippen LogP) is 3.83. The lowest BCUT2D eigenvalue weighted by atomic mass is 10.1. The fraction of sp³-hybridized carbons (Fsp3) is 0.312. The first-order valence-corrected chi connectivity index (χ1v) is 7.29. The Labute approximate surface area is 134 Å². The fourth-order valence-electron chi connectivity index (χ4n) is 2.02. The molecule has 0 aliphatic carbocycles. The molecule has 1 aromatic carbocycles. The van der Waals surface area contributed by atoms with Gasteiger partial charge in [0.25, 0.3) is 5.91 Å². The van der Waals surface area contributed by atoms with E-state index in [2.05, 4.69) is 5.32 Å². The van der Waals surface area contributed by atoms with E-state index in [0.717, 1.165) is 0 Å². The zero-order chi connectivity index (χ0) is 16.1. The number of benzene rings is 1. The number of ether oxygens (including phenoxy) is 2. The molecule has 1 heterocycles. The van der Waals surface area contributed by atoms with Gasteiger partial charge in [-0.05, 0) is 38.1 Å². The van der Waals surface area contributed by atoms with Gasteiger partial charge in [0, 0.05) is 5.56 Å². The highest BCUT2D eigenvalue weighted by Crippen LogP contribution is 2.36. The van der Waals surface area contributed by atoms with Crippen LogP contribution in [0.5, 0.6) is 11.5 Å². The van der Waals surface area contributed by atoms with E-state index < -0.39 is 0 Å². The van der Waals surface area contributed by atoms with Crippen molar-refractivity contribution in [1.82, 2.24) is 5.32 Å². The highest BCUT2D eigenvalue weighted by molar-refractivity contribution is 6.32. The van der Waals surface area contributed by atoms with Crippen LogP contribution in [0, 0.1) is 0 Å². The quantitative estimate of drug-likeness (QED) is 0.877. The normalized spacial score (nSPS) is 11.8. The van der Waals surface area contributed by atoms with Crippen molar-refractivity contribution < 1.29 is 18.7 Å². The second-order valence-electron chi connectivity index (χ2n) is 4.63. The van der Waals surface area contributed by atoms with Crippen molar-refractivity contribution in [2.24, 2.45) is 0 Å². The number of nitrogens with one attached hydrogen (secondary N) is 1. The van der Waals surface area contributed by atoms with Crippen LogP contribution in [0.15, 0.2) is 34.9 Å². The Morgan fingerprint density at radius 2 is 2.23 bits per heavy atom. The Morgan fingerprint density at radius 3 is 2.82 bits per heavy atom. The standard InChI is InChI=1S/C16H18ClNO4/c1-4-21-15-12(17)8-11(9-14(15)20-3)16(19)18-10(2)13-6-5-7-22-13/h5-10H,4H2,1-3H3,(H,18,19). The summed E-state index contributed by atoms with van der Waals surface area (Å²) in [5.41, 5.74) is 0.392. The summed E-state index contributed by atoms with van der Waals surface area (Å²) in [7, 11) is 1.50. The Bertz CT molecular complexity index is 640. The molecule has 1 unspecified atom stereocenters. The molecule has 0 radical (unpaired) electrons. The zero-order valence-electron chi connectivity index (χ0n) is 12.7. The van der Waals surface area contributed by atoms with Gasteiger partial charge in [-0.1, -0.05) is 11.6 Å². The second-order valence-corrected chi connectivity index (χ2v) is 5.04. The van der Waals surface area contributed by atoms with Crippen LogP contribution in [0.3, 0.4) is 0 Å². The Morgan fingerprint density at radius 1 is 1.45 bits per heavy atom. The van der Waals surface area contributed by atoms with Crippen molar-refractivity contribution in [3.05, 3.63) is 46.9 Å². The number of rotatable bonds is 6. The van der Waals surface area contributed by atoms with Crippen LogP contribution < -0.4 is 14.8 Å². The van der Waals surface area contributed by atoms with Gasteiger partial charge < -0.3 is 19.2 Å². The third-order valence-electron chi connectivity index (χ3n) is 3.10. The van der Waals surface area contributed by atoms with Crippen molar-refractivity contribution in [2.45, 2.75) is 19.9 Å². The molecular weight excluding hydrogens is 306 g/mol. The van der Waals surface area contributed by atoms with Crippen LogP contribution in [0.1, 0.15) is 36.0 Å². The smallest absolute Gasteiger partial charge is 0.252 e. The number of carbonyl (C=O) groups excluding carboxylic acids is 1. The van der Waals surface area contributed by atoms with E-state index in [0.29, 0.717) is 34.5 Å². The maximum Gasteiger partial charge on any atom is 0.252 e. The van der Waals surface area contributed by atoms with Gasteiger partial charge in [0.1, 0.15) is 5.76 Å². The number of carbonyl (C=O) groups is 1. The molecule has 0 fully saturated rings. The second kappa shape index (κ2) is 7.22. The van der Waals surface area contributed by atoms with Crippen LogP contribution in [0.4, 0.5) is 0 Å². The van der Waals surface area contributed by atoms with E-state index >= 15 is 0 Å². The van der Waals surface area contributed by atoms with E-state index in [1.54, 1.807) is 30.5 Å². The number of amides is 1. The minimum absolute atomic E-state index is 0.251. The van der Waals surface area contributed by atoms with Gasteiger partial charge in [-0.3, -0.25) is 4.79 Å². The first-order valence-electron chi connectivity index (χ1n) is 6.91. The summed E-state index contributed by atoms with van der Waals surface area (Å²) >= 11 is 6.17. The highest BCUT2D eigenvalue weighted by atomic mass is 35.5. The predicted molar refractivity (Wildman–Crippen MR) is 83.8 cm³/mol. The van der Waals surface area contributed by atoms with Crippen molar-refractivity contribution in [3.63, 3.8) is 0 Å². The number of methoxy groups -OCH3 is 1. The summed E-state index contributed by atoms with van der Waals surface area (Å²) in [6.07, 6.45) is 1.56. The molecule has 0 bridgehead atoms. The third-order valence-corrected chi connectivity index (χ3v) is 3.38. The van der Waals surface area contributed by atoms with Crippen LogP contribution in [-0.4, -0.2) is 19.6 Å². The average Bonchev–Trinajstić information content (AvgIpc) is 3.03. The summed E-state index contributed by atoms with van der Waals surface area (Å²) in [5, 5.41) is 3.17. The van der Waals surface area contributed by atoms with Crippen LogP contribution in [0.25, 0.3) is 0 Å². The third kappa shape index (κ3) is 3.54. The lowest BCUT2D eigenvalue weighted by molar-refractivity contribution is 0.0935. The maximum absolute atomic E-state index is 12.3. The minimum atomic E-state index is -0.271. The lowest BCUT2D eigenvalue weighted by Crippen LogP contribution is -2.26. The summed E-state index contributed by atoms with van der Waals surface area (Å²) in [6, 6.07) is 6.48. The fourth-order valence-corrected chi connectivity index (χ4v) is 2.29. The summed E-state index contributed by atoms with van der Waals surface area (Å²) in [6.45, 7) is 4.14. The molecule has 0 saturated heterocycles. The van der Waals surface area contributed by atoms with Crippen LogP contribution in [0.2, 0.25) is 5.02 Å². The Hall–Kier alpha value is -2.14. The molecule has 1 N–H and O–H groups in total. The molecule has 6 heteroatoms. The van der Waals surface area contributed by atoms with Gasteiger partial charge >= 0.3 is 0 Å². The Balaban J connectivity index is 2.21.